The Kier molecular flexibility index (Phi) is 6.10. The molecule has 0 saturated carbocycles. The first-order valence-corrected chi connectivity index (χ1v) is 7.03. The van der Waals surface area contributed by atoms with Crippen LogP contribution < -0.4 is 0 Å². The first-order valence-electron chi connectivity index (χ1n) is 4.77. The number of esters is 1. The van der Waals surface area contributed by atoms with Gasteiger partial charge >= 0.3 is 5.97 Å². The fraction of sp³-hybridized carbons (Fsp3) is 0.889. The molecule has 0 rings (SSSR count). The molecule has 0 aliphatic rings. The Morgan fingerprint density at radius 2 is 2.00 bits per heavy atom. The molecule has 0 N–H and O–H groups in total. The molecule has 0 heterocycles. The lowest BCUT2D eigenvalue weighted by Crippen LogP contribution is -2.28. The van der Waals surface area contributed by atoms with Gasteiger partial charge in [0.1, 0.15) is 0 Å². The van der Waals surface area contributed by atoms with Crippen LogP contribution in [0.15, 0.2) is 0 Å². The average Bonchev–Trinajstić information content (AvgIpc) is 1.99. The predicted octanol–water partition coefficient (Wildman–Crippen LogP) is 1.38. The number of nitrogens with zero attached hydrogens (tertiary/aromatic N) is 1. The minimum absolute atomic E-state index is 0.0765. The molecule has 0 unspecified atom stereocenters. The summed E-state index contributed by atoms with van der Waals surface area (Å²) in [7, 11) is 0.377. The molecule has 0 saturated heterocycles. The van der Waals surface area contributed by atoms with E-state index in [1.54, 1.807) is 18.6 Å². The lowest BCUT2D eigenvalue weighted by molar-refractivity contribution is -0.141. The van der Waals surface area contributed by atoms with Crippen molar-refractivity contribution in [1.29, 1.82) is 0 Å². The second-order valence-corrected chi connectivity index (χ2v) is 6.42. The van der Waals surface area contributed by atoms with E-state index in [2.05, 4.69) is 4.74 Å². The van der Waals surface area contributed by atoms with Crippen LogP contribution in [0.5, 0.6) is 0 Å². The van der Waals surface area contributed by atoms with Gasteiger partial charge in [0.15, 0.2) is 0 Å². The minimum Gasteiger partial charge on any atom is -0.468 e. The summed E-state index contributed by atoms with van der Waals surface area (Å²) >= 11 is 0. The molecular formula is C9H20NO4P. The van der Waals surface area contributed by atoms with Crippen LogP contribution in [0, 0.1) is 0 Å². The molecule has 0 aromatic carbocycles. The van der Waals surface area contributed by atoms with Gasteiger partial charge in [-0.3, -0.25) is 14.3 Å². The first-order chi connectivity index (χ1) is 6.76. The van der Waals surface area contributed by atoms with E-state index in [-0.39, 0.29) is 24.9 Å². The maximum atomic E-state index is 11.9. The number of methoxy groups -OCH3 is 1. The highest BCUT2D eigenvalue weighted by Gasteiger charge is 2.21. The lowest BCUT2D eigenvalue weighted by atomic mass is 10.5. The number of rotatable bonds is 6. The number of hydrogen-bond acceptors (Lipinski definition) is 5. The quantitative estimate of drug-likeness (QED) is 0.516. The fourth-order valence-corrected chi connectivity index (χ4v) is 3.19. The van der Waals surface area contributed by atoms with Gasteiger partial charge in [-0.05, 0) is 20.9 Å². The van der Waals surface area contributed by atoms with Crippen LogP contribution in [0.1, 0.15) is 13.8 Å². The Balaban J connectivity index is 4.09. The van der Waals surface area contributed by atoms with Crippen molar-refractivity contribution in [2.24, 2.45) is 0 Å². The Hall–Kier alpha value is -0.380. The Bertz CT molecular complexity index is 254. The molecule has 0 fully saturated rings. The van der Waals surface area contributed by atoms with Crippen molar-refractivity contribution in [2.75, 3.05) is 33.7 Å². The summed E-state index contributed by atoms with van der Waals surface area (Å²) in [5.41, 5.74) is 0. The zero-order valence-corrected chi connectivity index (χ0v) is 10.9. The van der Waals surface area contributed by atoms with Crippen molar-refractivity contribution in [3.05, 3.63) is 0 Å². The van der Waals surface area contributed by atoms with Crippen LogP contribution in [0.25, 0.3) is 0 Å². The Labute approximate surface area is 91.2 Å². The third-order valence-corrected chi connectivity index (χ3v) is 3.42. The van der Waals surface area contributed by atoms with Crippen LogP contribution in [-0.2, 0) is 18.6 Å². The van der Waals surface area contributed by atoms with Gasteiger partial charge in [-0.2, -0.15) is 0 Å². The number of ether oxygens (including phenoxy) is 1. The van der Waals surface area contributed by atoms with E-state index in [0.717, 1.165) is 0 Å². The van der Waals surface area contributed by atoms with Gasteiger partial charge in [0.25, 0.3) is 0 Å². The van der Waals surface area contributed by atoms with Crippen LogP contribution in [-0.4, -0.2) is 50.6 Å². The number of carbonyl (C=O) groups is 1. The van der Waals surface area contributed by atoms with Crippen LogP contribution >= 0.6 is 7.37 Å². The molecule has 0 aromatic rings. The number of likely N-dealkylation sites (N-methyl/N-ethyl adjacent to an activating group) is 1. The van der Waals surface area contributed by atoms with Crippen LogP contribution in [0.4, 0.5) is 0 Å². The Morgan fingerprint density at radius 1 is 1.47 bits per heavy atom. The summed E-state index contributed by atoms with van der Waals surface area (Å²) < 4.78 is 21.7. The minimum atomic E-state index is -2.65. The lowest BCUT2D eigenvalue weighted by Gasteiger charge is -2.22. The maximum Gasteiger partial charge on any atom is 0.319 e. The number of hydrogen-bond donors (Lipinski definition) is 0. The van der Waals surface area contributed by atoms with Gasteiger partial charge in [-0.1, -0.05) is 0 Å². The molecule has 15 heavy (non-hydrogen) atoms. The van der Waals surface area contributed by atoms with E-state index in [1.165, 1.54) is 7.11 Å². The van der Waals surface area contributed by atoms with Gasteiger partial charge < -0.3 is 9.26 Å². The van der Waals surface area contributed by atoms with Crippen molar-refractivity contribution in [2.45, 2.75) is 20.0 Å². The van der Waals surface area contributed by atoms with E-state index >= 15 is 0 Å². The van der Waals surface area contributed by atoms with Crippen molar-refractivity contribution in [3.63, 3.8) is 0 Å². The standard InChI is InChI=1S/C9H20NO4P/c1-8(2)14-15(5,12)7-10(3)6-9(11)13-4/h8H,6-7H2,1-5H3/t15-/m1/s1. The fourth-order valence-electron chi connectivity index (χ4n) is 1.25. The van der Waals surface area contributed by atoms with Gasteiger partial charge in [0, 0.05) is 6.66 Å². The average molecular weight is 237 g/mol. The van der Waals surface area contributed by atoms with Gasteiger partial charge in [0.2, 0.25) is 7.37 Å². The molecule has 5 nitrogen and oxygen atoms in total. The molecule has 0 aromatic heterocycles. The van der Waals surface area contributed by atoms with Crippen molar-refractivity contribution in [1.82, 2.24) is 4.90 Å². The Morgan fingerprint density at radius 3 is 2.40 bits per heavy atom. The van der Waals surface area contributed by atoms with Gasteiger partial charge in [-0.15, -0.1) is 0 Å². The van der Waals surface area contributed by atoms with E-state index in [1.807, 2.05) is 13.8 Å². The highest BCUT2D eigenvalue weighted by Crippen LogP contribution is 2.43. The second-order valence-electron chi connectivity index (χ2n) is 3.90. The molecule has 90 valence electrons. The topological polar surface area (TPSA) is 55.8 Å². The van der Waals surface area contributed by atoms with Crippen molar-refractivity contribution in [3.8, 4) is 0 Å². The third-order valence-electron chi connectivity index (χ3n) is 1.56. The highest BCUT2D eigenvalue weighted by atomic mass is 31.2. The summed E-state index contributed by atoms with van der Waals surface area (Å²) in [6.45, 7) is 5.35. The normalized spacial score (nSPS) is 15.4. The molecule has 0 radical (unpaired) electrons. The van der Waals surface area contributed by atoms with E-state index < -0.39 is 7.37 Å². The third kappa shape index (κ3) is 7.54. The van der Waals surface area contributed by atoms with E-state index in [9.17, 15) is 9.36 Å². The largest absolute Gasteiger partial charge is 0.468 e. The molecular weight excluding hydrogens is 217 g/mol. The van der Waals surface area contributed by atoms with E-state index in [0.29, 0.717) is 0 Å². The second kappa shape index (κ2) is 6.26. The highest BCUT2D eigenvalue weighted by molar-refractivity contribution is 7.58. The maximum absolute atomic E-state index is 11.9. The summed E-state index contributed by atoms with van der Waals surface area (Å²) in [5, 5.41) is 0. The molecule has 0 aliphatic heterocycles. The SMILES string of the molecule is COC(=O)CN(C)C[P@](C)(=O)OC(C)C. The van der Waals surface area contributed by atoms with Crippen LogP contribution in [0.2, 0.25) is 0 Å². The van der Waals surface area contributed by atoms with Gasteiger partial charge in [-0.25, -0.2) is 0 Å². The summed E-state index contributed by atoms with van der Waals surface area (Å²) in [6.07, 6.45) is 0.174. The van der Waals surface area contributed by atoms with Crippen molar-refractivity contribution >= 4 is 13.3 Å². The summed E-state index contributed by atoms with van der Waals surface area (Å²) in [5.74, 6) is -0.345. The molecule has 1 atom stereocenters. The van der Waals surface area contributed by atoms with E-state index in [4.69, 9.17) is 4.52 Å². The smallest absolute Gasteiger partial charge is 0.319 e. The predicted molar refractivity (Wildman–Crippen MR) is 59.3 cm³/mol. The molecule has 6 heteroatoms. The van der Waals surface area contributed by atoms with Crippen molar-refractivity contribution < 1.29 is 18.6 Å². The van der Waals surface area contributed by atoms with Crippen LogP contribution in [0.3, 0.4) is 0 Å². The van der Waals surface area contributed by atoms with Gasteiger partial charge in [0.05, 0.1) is 26.0 Å². The molecule has 0 spiro atoms. The monoisotopic (exact) mass is 237 g/mol. The number of carbonyl (C=O) groups excluding carboxylic acids is 1. The molecule has 0 amide bonds. The zero-order valence-electron chi connectivity index (χ0n) is 10.0. The summed E-state index contributed by atoms with van der Waals surface area (Å²) in [6, 6.07) is 0. The molecule has 0 aliphatic carbocycles. The first kappa shape index (κ1) is 14.6. The summed E-state index contributed by atoms with van der Waals surface area (Å²) in [4.78, 5) is 12.6. The molecule has 0 bridgehead atoms. The zero-order chi connectivity index (χ0) is 12.1.